The molecule has 0 spiro atoms. The Hall–Kier alpha value is -2.97. The number of aromatic nitrogens is 4. The van der Waals surface area contributed by atoms with E-state index in [1.165, 1.54) is 23.0 Å². The number of allylic oxidation sites excluding steroid dienone is 1. The molecule has 1 aliphatic carbocycles. The number of rotatable bonds is 4. The Labute approximate surface area is 191 Å². The number of halogens is 4. The van der Waals surface area contributed by atoms with E-state index in [1.807, 2.05) is 29.6 Å². The van der Waals surface area contributed by atoms with E-state index in [-0.39, 0.29) is 11.3 Å². The first-order valence-corrected chi connectivity index (χ1v) is 11.1. The molecule has 0 saturated carbocycles. The quantitative estimate of drug-likeness (QED) is 0.332. The number of aryl methyl sites for hydroxylation is 1. The fourth-order valence-electron chi connectivity index (χ4n) is 3.82. The molecule has 9 heteroatoms. The topological polar surface area (TPSA) is 43.6 Å². The second-order valence-electron chi connectivity index (χ2n) is 7.43. The first-order valence-electron chi connectivity index (χ1n) is 9.88. The number of fused-ring (bicyclic) bond motifs is 1. The zero-order valence-electron chi connectivity index (χ0n) is 16.6. The van der Waals surface area contributed by atoms with Gasteiger partial charge >= 0.3 is 6.18 Å². The molecule has 0 fully saturated rings. The van der Waals surface area contributed by atoms with Crippen LogP contribution in [0.1, 0.15) is 23.2 Å². The predicted molar refractivity (Wildman–Crippen MR) is 119 cm³/mol. The number of alkyl halides is 3. The highest BCUT2D eigenvalue weighted by Crippen LogP contribution is 2.37. The average Bonchev–Trinajstić information content (AvgIpc) is 3.47. The van der Waals surface area contributed by atoms with E-state index >= 15 is 0 Å². The molecule has 0 bridgehead atoms. The molecular weight excluding hydrogens is 457 g/mol. The number of hydrogen-bond donors (Lipinski definition) is 0. The van der Waals surface area contributed by atoms with Crippen LogP contribution in [0.4, 0.5) is 13.2 Å². The van der Waals surface area contributed by atoms with Crippen molar-refractivity contribution in [2.75, 3.05) is 0 Å². The van der Waals surface area contributed by atoms with Gasteiger partial charge in [0.05, 0.1) is 39.6 Å². The Bertz CT molecular complexity index is 1310. The van der Waals surface area contributed by atoms with Gasteiger partial charge in [-0.2, -0.15) is 13.2 Å². The molecule has 0 N–H and O–H groups in total. The van der Waals surface area contributed by atoms with E-state index in [0.29, 0.717) is 18.0 Å². The third-order valence-corrected chi connectivity index (χ3v) is 6.72. The molecule has 3 aromatic heterocycles. The number of pyridine rings is 1. The first kappa shape index (κ1) is 20.9. The molecule has 1 aliphatic rings. The van der Waals surface area contributed by atoms with E-state index in [1.54, 1.807) is 17.4 Å². The van der Waals surface area contributed by atoms with Crippen LogP contribution in [0.25, 0.3) is 26.9 Å². The number of nitrogens with zero attached hydrogens (tertiary/aromatic N) is 4. The zero-order chi connectivity index (χ0) is 22.3. The summed E-state index contributed by atoms with van der Waals surface area (Å²) in [6, 6.07) is 13.3. The van der Waals surface area contributed by atoms with Crippen molar-refractivity contribution in [1.82, 2.24) is 20.0 Å². The lowest BCUT2D eigenvalue weighted by molar-refractivity contribution is -0.137. The van der Waals surface area contributed by atoms with Gasteiger partial charge in [-0.25, -0.2) is 4.68 Å². The van der Waals surface area contributed by atoms with Crippen molar-refractivity contribution in [1.29, 1.82) is 0 Å². The second kappa shape index (κ2) is 8.18. The van der Waals surface area contributed by atoms with Crippen LogP contribution in [0.2, 0.25) is 0 Å². The lowest BCUT2D eigenvalue weighted by atomic mass is 9.95. The lowest BCUT2D eigenvalue weighted by Crippen LogP contribution is -2.10. The number of thiophene rings is 1. The standard InChI is InChI=1S/C23H16ClF3N4S/c24-22-14(7-9-18-16(22)8-10-19(28-18)21-6-3-11-32-21)12-31-13-20(29-30-31)15-4-1-2-5-17(15)23(25,26)27/h1-6,8,10-11,13H,7,9,12H2. The van der Waals surface area contributed by atoms with Gasteiger partial charge in [0.2, 0.25) is 0 Å². The van der Waals surface area contributed by atoms with Crippen molar-refractivity contribution in [3.63, 3.8) is 0 Å². The third-order valence-electron chi connectivity index (χ3n) is 5.36. The summed E-state index contributed by atoms with van der Waals surface area (Å²) in [5.74, 6) is 0. The van der Waals surface area contributed by atoms with Crippen molar-refractivity contribution in [2.45, 2.75) is 25.6 Å². The van der Waals surface area contributed by atoms with E-state index in [0.717, 1.165) is 39.9 Å². The summed E-state index contributed by atoms with van der Waals surface area (Å²) < 4.78 is 41.5. The van der Waals surface area contributed by atoms with Gasteiger partial charge in [-0.1, -0.05) is 41.1 Å². The van der Waals surface area contributed by atoms with Crippen molar-refractivity contribution >= 4 is 28.0 Å². The summed E-state index contributed by atoms with van der Waals surface area (Å²) in [7, 11) is 0. The molecule has 0 amide bonds. The molecule has 0 atom stereocenters. The summed E-state index contributed by atoms with van der Waals surface area (Å²) in [4.78, 5) is 5.88. The van der Waals surface area contributed by atoms with E-state index in [2.05, 4.69) is 10.3 Å². The predicted octanol–water partition coefficient (Wildman–Crippen LogP) is 6.68. The molecule has 0 aliphatic heterocycles. The molecule has 5 rings (SSSR count). The van der Waals surface area contributed by atoms with E-state index < -0.39 is 11.7 Å². The average molecular weight is 473 g/mol. The van der Waals surface area contributed by atoms with Gasteiger partial charge in [0.15, 0.2) is 0 Å². The fourth-order valence-corrected chi connectivity index (χ4v) is 4.84. The fraction of sp³-hybridized carbons (Fsp3) is 0.174. The van der Waals surface area contributed by atoms with Crippen LogP contribution in [0.3, 0.4) is 0 Å². The van der Waals surface area contributed by atoms with Gasteiger partial charge in [-0.05, 0) is 48.1 Å². The van der Waals surface area contributed by atoms with Crippen LogP contribution in [0.5, 0.6) is 0 Å². The second-order valence-corrected chi connectivity index (χ2v) is 8.76. The normalized spacial score (nSPS) is 14.0. The molecular formula is C23H16ClF3N4S. The van der Waals surface area contributed by atoms with Crippen molar-refractivity contribution in [3.8, 4) is 21.8 Å². The SMILES string of the molecule is FC(F)(F)c1ccccc1-c1cn(CC2=C(Cl)c3ccc(-c4cccs4)nc3CC2)nn1. The smallest absolute Gasteiger partial charge is 0.251 e. The Balaban J connectivity index is 1.42. The highest BCUT2D eigenvalue weighted by molar-refractivity contribution is 7.13. The minimum absolute atomic E-state index is 0.00521. The summed E-state index contributed by atoms with van der Waals surface area (Å²) in [6.45, 7) is 0.353. The summed E-state index contributed by atoms with van der Waals surface area (Å²) in [6.07, 6.45) is -1.51. The molecule has 1 aromatic carbocycles. The summed E-state index contributed by atoms with van der Waals surface area (Å²) in [5.41, 5.74) is 3.16. The zero-order valence-corrected chi connectivity index (χ0v) is 18.2. The van der Waals surface area contributed by atoms with Crippen LogP contribution in [-0.2, 0) is 19.1 Å². The molecule has 0 saturated heterocycles. The summed E-state index contributed by atoms with van der Waals surface area (Å²) in [5, 5.41) is 10.6. The van der Waals surface area contributed by atoms with Gasteiger partial charge in [0.25, 0.3) is 0 Å². The van der Waals surface area contributed by atoms with Crippen LogP contribution in [0, 0.1) is 0 Å². The molecule has 4 aromatic rings. The van der Waals surface area contributed by atoms with Crippen LogP contribution >= 0.6 is 22.9 Å². The van der Waals surface area contributed by atoms with Crippen molar-refractivity contribution in [2.24, 2.45) is 0 Å². The largest absolute Gasteiger partial charge is 0.417 e. The monoisotopic (exact) mass is 472 g/mol. The van der Waals surface area contributed by atoms with Gasteiger partial charge < -0.3 is 0 Å². The van der Waals surface area contributed by atoms with Crippen LogP contribution in [-0.4, -0.2) is 20.0 Å². The van der Waals surface area contributed by atoms with Crippen molar-refractivity contribution in [3.05, 3.63) is 82.5 Å². The minimum atomic E-state index is -4.46. The van der Waals surface area contributed by atoms with Crippen molar-refractivity contribution < 1.29 is 13.2 Å². The molecule has 32 heavy (non-hydrogen) atoms. The van der Waals surface area contributed by atoms with Gasteiger partial charge in [-0.3, -0.25) is 4.98 Å². The Morgan fingerprint density at radius 2 is 1.81 bits per heavy atom. The molecule has 0 radical (unpaired) electrons. The third kappa shape index (κ3) is 3.96. The lowest BCUT2D eigenvalue weighted by Gasteiger charge is -2.19. The minimum Gasteiger partial charge on any atom is -0.251 e. The number of hydrogen-bond acceptors (Lipinski definition) is 4. The maximum absolute atomic E-state index is 13.3. The molecule has 0 unspecified atom stereocenters. The van der Waals surface area contributed by atoms with E-state index in [4.69, 9.17) is 16.6 Å². The highest BCUT2D eigenvalue weighted by atomic mass is 35.5. The Kier molecular flexibility index (Phi) is 5.35. The Morgan fingerprint density at radius 3 is 2.59 bits per heavy atom. The molecule has 4 nitrogen and oxygen atoms in total. The maximum Gasteiger partial charge on any atom is 0.417 e. The van der Waals surface area contributed by atoms with Gasteiger partial charge in [0.1, 0.15) is 5.69 Å². The van der Waals surface area contributed by atoms with Crippen LogP contribution < -0.4 is 0 Å². The Morgan fingerprint density at radius 1 is 0.969 bits per heavy atom. The maximum atomic E-state index is 13.3. The first-order chi connectivity index (χ1) is 15.4. The molecule has 3 heterocycles. The van der Waals surface area contributed by atoms with Crippen LogP contribution in [0.15, 0.2) is 65.7 Å². The van der Waals surface area contributed by atoms with E-state index in [9.17, 15) is 13.2 Å². The summed E-state index contributed by atoms with van der Waals surface area (Å²) >= 11 is 8.32. The highest BCUT2D eigenvalue weighted by Gasteiger charge is 2.34. The number of benzene rings is 1. The van der Waals surface area contributed by atoms with Gasteiger partial charge in [-0.15, -0.1) is 16.4 Å². The van der Waals surface area contributed by atoms with Gasteiger partial charge in [0, 0.05) is 11.1 Å². The molecule has 162 valence electrons.